The third-order valence-electron chi connectivity index (χ3n) is 6.33. The fourth-order valence-corrected chi connectivity index (χ4v) is 5.92. The van der Waals surface area contributed by atoms with Crippen LogP contribution in [0.4, 0.5) is 5.69 Å². The molecule has 3 aromatic carbocycles. The van der Waals surface area contributed by atoms with Crippen molar-refractivity contribution in [1.82, 2.24) is 9.62 Å². The highest BCUT2D eigenvalue weighted by Gasteiger charge is 2.32. The van der Waals surface area contributed by atoms with Gasteiger partial charge in [-0.2, -0.15) is 4.72 Å². The number of para-hydroxylation sites is 2. The Labute approximate surface area is 222 Å². The predicted octanol–water partition coefficient (Wildman–Crippen LogP) is 3.60. The van der Waals surface area contributed by atoms with Gasteiger partial charge >= 0.3 is 0 Å². The summed E-state index contributed by atoms with van der Waals surface area (Å²) < 4.78 is 39.8. The molecule has 4 rings (SSSR count). The third kappa shape index (κ3) is 6.36. The Balaban J connectivity index is 1.53. The van der Waals surface area contributed by atoms with Gasteiger partial charge in [0.05, 0.1) is 29.8 Å². The zero-order valence-electron chi connectivity index (χ0n) is 20.8. The van der Waals surface area contributed by atoms with Crippen molar-refractivity contribution in [1.29, 1.82) is 0 Å². The summed E-state index contributed by atoms with van der Waals surface area (Å²) in [7, 11) is -0.950. The molecule has 0 aromatic heterocycles. The molecular weight excluding hydrogens is 514 g/mol. The van der Waals surface area contributed by atoms with Crippen LogP contribution >= 0.6 is 11.6 Å². The van der Waals surface area contributed by atoms with Gasteiger partial charge in [-0.15, -0.1) is 0 Å². The zero-order chi connectivity index (χ0) is 26.4. The van der Waals surface area contributed by atoms with Gasteiger partial charge in [-0.1, -0.05) is 54.1 Å². The lowest BCUT2D eigenvalue weighted by Crippen LogP contribution is -2.55. The molecule has 1 atom stereocenters. The van der Waals surface area contributed by atoms with Gasteiger partial charge in [0.2, 0.25) is 15.9 Å². The third-order valence-corrected chi connectivity index (χ3v) is 8.09. The average Bonchev–Trinajstić information content (AvgIpc) is 2.92. The first-order chi connectivity index (χ1) is 17.8. The second kappa shape index (κ2) is 11.9. The Kier molecular flexibility index (Phi) is 8.58. The summed E-state index contributed by atoms with van der Waals surface area (Å²) in [5, 5.41) is 0.170. The molecular formula is C27H30ClN3O5S. The van der Waals surface area contributed by atoms with Gasteiger partial charge in [-0.3, -0.25) is 4.79 Å². The number of carbonyl (C=O) groups excluding carboxylic acids is 1. The number of piperazine rings is 1. The normalized spacial score (nSPS) is 14.8. The molecule has 8 nitrogen and oxygen atoms in total. The number of anilines is 1. The maximum absolute atomic E-state index is 13.7. The molecule has 1 amide bonds. The second-order valence-electron chi connectivity index (χ2n) is 8.64. The number of halogens is 1. The molecule has 196 valence electrons. The number of nitrogens with one attached hydrogen (secondary N) is 1. The van der Waals surface area contributed by atoms with E-state index in [1.54, 1.807) is 12.0 Å². The summed E-state index contributed by atoms with van der Waals surface area (Å²) in [6, 6.07) is 20.3. The number of benzene rings is 3. The van der Waals surface area contributed by atoms with Crippen LogP contribution in [0.1, 0.15) is 5.56 Å². The Hall–Kier alpha value is -3.27. The molecule has 0 aliphatic carbocycles. The highest BCUT2D eigenvalue weighted by Crippen LogP contribution is 2.29. The van der Waals surface area contributed by atoms with Crippen molar-refractivity contribution in [3.05, 3.63) is 83.4 Å². The minimum absolute atomic E-state index is 0.0369. The fourth-order valence-electron chi connectivity index (χ4n) is 4.38. The average molecular weight is 544 g/mol. The van der Waals surface area contributed by atoms with Crippen molar-refractivity contribution in [3.8, 4) is 11.5 Å². The van der Waals surface area contributed by atoms with Gasteiger partial charge in [-0.05, 0) is 42.3 Å². The molecule has 1 N–H and O–H groups in total. The van der Waals surface area contributed by atoms with E-state index in [1.165, 1.54) is 25.3 Å². The Morgan fingerprint density at radius 2 is 1.57 bits per heavy atom. The van der Waals surface area contributed by atoms with Crippen LogP contribution in [0, 0.1) is 0 Å². The smallest absolute Gasteiger partial charge is 0.241 e. The number of rotatable bonds is 9. The summed E-state index contributed by atoms with van der Waals surface area (Å²) in [5.74, 6) is 0.868. The van der Waals surface area contributed by atoms with Crippen LogP contribution in [0.15, 0.2) is 77.7 Å². The minimum Gasteiger partial charge on any atom is -0.495 e. The topological polar surface area (TPSA) is 88.2 Å². The summed E-state index contributed by atoms with van der Waals surface area (Å²) in [6.45, 7) is 2.12. The number of hydrogen-bond acceptors (Lipinski definition) is 6. The van der Waals surface area contributed by atoms with Gasteiger partial charge < -0.3 is 19.3 Å². The van der Waals surface area contributed by atoms with Gasteiger partial charge in [0.25, 0.3) is 0 Å². The molecule has 3 aromatic rings. The monoisotopic (exact) mass is 543 g/mol. The number of nitrogens with zero attached hydrogens (tertiary/aromatic N) is 2. The SMILES string of the molecule is COc1ccc(S(=O)(=O)N[C@@H](Cc2ccccc2)C(=O)N2CCN(c3ccccc3OC)CC2)cc1Cl. The molecule has 37 heavy (non-hydrogen) atoms. The van der Waals surface area contributed by atoms with Crippen LogP contribution in [0.25, 0.3) is 0 Å². The first-order valence-corrected chi connectivity index (χ1v) is 13.7. The van der Waals surface area contributed by atoms with Gasteiger partial charge in [0.1, 0.15) is 17.5 Å². The molecule has 0 spiro atoms. The Morgan fingerprint density at radius 3 is 2.22 bits per heavy atom. The van der Waals surface area contributed by atoms with E-state index in [-0.39, 0.29) is 22.2 Å². The second-order valence-corrected chi connectivity index (χ2v) is 10.8. The molecule has 0 bridgehead atoms. The summed E-state index contributed by atoms with van der Waals surface area (Å²) >= 11 is 6.17. The number of carbonyl (C=O) groups is 1. The lowest BCUT2D eigenvalue weighted by atomic mass is 10.1. The Bertz CT molecular complexity index is 1330. The zero-order valence-corrected chi connectivity index (χ0v) is 22.3. The highest BCUT2D eigenvalue weighted by atomic mass is 35.5. The van der Waals surface area contributed by atoms with E-state index in [4.69, 9.17) is 21.1 Å². The fraction of sp³-hybridized carbons (Fsp3) is 0.296. The lowest BCUT2D eigenvalue weighted by Gasteiger charge is -2.38. The van der Waals surface area contributed by atoms with Crippen LogP contribution in [-0.4, -0.2) is 65.7 Å². The highest BCUT2D eigenvalue weighted by molar-refractivity contribution is 7.89. The van der Waals surface area contributed by atoms with Gasteiger partial charge in [0, 0.05) is 26.2 Å². The van der Waals surface area contributed by atoms with E-state index in [1.807, 2.05) is 54.6 Å². The largest absolute Gasteiger partial charge is 0.495 e. The molecule has 0 radical (unpaired) electrons. The van der Waals surface area contributed by atoms with Crippen molar-refractivity contribution in [3.63, 3.8) is 0 Å². The summed E-state index contributed by atoms with van der Waals surface area (Å²) in [5.41, 5.74) is 1.82. The lowest BCUT2D eigenvalue weighted by molar-refractivity contribution is -0.133. The van der Waals surface area contributed by atoms with E-state index in [9.17, 15) is 13.2 Å². The number of hydrogen-bond donors (Lipinski definition) is 1. The molecule has 1 saturated heterocycles. The van der Waals surface area contributed by atoms with Gasteiger partial charge in [0.15, 0.2) is 0 Å². The van der Waals surface area contributed by atoms with Crippen LogP contribution in [0.2, 0.25) is 5.02 Å². The van der Waals surface area contributed by atoms with Crippen LogP contribution < -0.4 is 19.1 Å². The molecule has 1 aliphatic rings. The molecule has 1 heterocycles. The van der Waals surface area contributed by atoms with E-state index in [2.05, 4.69) is 9.62 Å². The summed E-state index contributed by atoms with van der Waals surface area (Å²) in [4.78, 5) is 17.5. The first kappa shape index (κ1) is 26.8. The van der Waals surface area contributed by atoms with E-state index >= 15 is 0 Å². The van der Waals surface area contributed by atoms with Crippen molar-refractivity contribution in [2.75, 3.05) is 45.3 Å². The van der Waals surface area contributed by atoms with E-state index < -0.39 is 16.1 Å². The number of amides is 1. The first-order valence-electron chi connectivity index (χ1n) is 11.9. The van der Waals surface area contributed by atoms with Crippen LogP contribution in [0.3, 0.4) is 0 Å². The quantitative estimate of drug-likeness (QED) is 0.444. The molecule has 1 aliphatic heterocycles. The predicted molar refractivity (Wildman–Crippen MR) is 144 cm³/mol. The van der Waals surface area contributed by atoms with Crippen molar-refractivity contribution < 1.29 is 22.7 Å². The standard InChI is InChI=1S/C27H30ClN3O5S/c1-35-25-13-12-21(19-22(25)28)37(33,34)29-23(18-20-8-4-3-5-9-20)27(32)31-16-14-30(15-17-31)24-10-6-7-11-26(24)36-2/h3-13,19,23,29H,14-18H2,1-2H3/t23-/m0/s1. The number of methoxy groups -OCH3 is 2. The van der Waals surface area contributed by atoms with Crippen LogP contribution in [-0.2, 0) is 21.2 Å². The number of ether oxygens (including phenoxy) is 2. The summed E-state index contributed by atoms with van der Waals surface area (Å²) in [6.07, 6.45) is 0.218. The Morgan fingerprint density at radius 1 is 0.919 bits per heavy atom. The minimum atomic E-state index is -4.04. The van der Waals surface area contributed by atoms with E-state index in [0.29, 0.717) is 31.9 Å². The van der Waals surface area contributed by atoms with Crippen molar-refractivity contribution in [2.24, 2.45) is 0 Å². The molecule has 1 fully saturated rings. The maximum Gasteiger partial charge on any atom is 0.241 e. The number of sulfonamides is 1. The maximum atomic E-state index is 13.7. The molecule has 0 saturated carbocycles. The molecule has 0 unspecified atom stereocenters. The molecule has 10 heteroatoms. The van der Waals surface area contributed by atoms with E-state index in [0.717, 1.165) is 17.0 Å². The van der Waals surface area contributed by atoms with Crippen LogP contribution in [0.5, 0.6) is 11.5 Å². The van der Waals surface area contributed by atoms with Gasteiger partial charge in [-0.25, -0.2) is 8.42 Å². The van der Waals surface area contributed by atoms with Crippen molar-refractivity contribution >= 4 is 33.2 Å². The van der Waals surface area contributed by atoms with Crippen molar-refractivity contribution in [2.45, 2.75) is 17.4 Å².